The number of halogens is 5. The van der Waals surface area contributed by atoms with Gasteiger partial charge in [-0.3, -0.25) is 0 Å². The fourth-order valence-electron chi connectivity index (χ4n) is 1.47. The molecule has 0 saturated carbocycles. The van der Waals surface area contributed by atoms with E-state index >= 15 is 0 Å². The van der Waals surface area contributed by atoms with Crippen molar-refractivity contribution in [3.05, 3.63) is 37.1 Å². The Labute approximate surface area is 140 Å². The number of rotatable bonds is 10. The van der Waals surface area contributed by atoms with Crippen LogP contribution in [0.5, 0.6) is 0 Å². The molecule has 0 aromatic heterocycles. The molecule has 0 radical (unpaired) electrons. The average Bonchev–Trinajstić information content (AvgIpc) is 2.54. The van der Waals surface area contributed by atoms with Gasteiger partial charge in [0.25, 0.3) is 5.76 Å². The smallest absolute Gasteiger partial charge is 0.454 e. The Morgan fingerprint density at radius 2 is 1.32 bits per heavy atom. The molecule has 0 saturated heterocycles. The first-order valence-corrected chi connectivity index (χ1v) is 6.85. The number of carbonyl (C=O) groups is 2. The molecule has 0 atom stereocenters. The lowest BCUT2D eigenvalue weighted by molar-refractivity contribution is -0.161. The van der Waals surface area contributed by atoms with Gasteiger partial charge in [-0.25, -0.2) is 9.59 Å². The minimum Gasteiger partial charge on any atom is -0.484 e. The fourth-order valence-corrected chi connectivity index (χ4v) is 1.47. The standard InChI is InChI=1S/C15H17F5O5/c1-4-10(21)23-7-14(6-3,8-24-11(22)5-2)9-25-12(13(16)17)15(18,19)20/h4-5H,1-2,6-9H2,3H3. The van der Waals surface area contributed by atoms with E-state index in [9.17, 15) is 31.5 Å². The Bertz CT molecular complexity index is 511. The Hall–Kier alpha value is -2.39. The first kappa shape index (κ1) is 22.6. The molecule has 0 aliphatic heterocycles. The minimum atomic E-state index is -5.41. The van der Waals surface area contributed by atoms with Crippen molar-refractivity contribution in [1.29, 1.82) is 0 Å². The molecule has 0 bridgehead atoms. The van der Waals surface area contributed by atoms with Crippen molar-refractivity contribution in [2.45, 2.75) is 19.5 Å². The number of allylic oxidation sites excluding steroid dienone is 1. The molecule has 0 aromatic rings. The largest absolute Gasteiger partial charge is 0.484 e. The van der Waals surface area contributed by atoms with Crippen molar-refractivity contribution < 1.29 is 45.8 Å². The molecule has 0 aliphatic carbocycles. The predicted octanol–water partition coefficient (Wildman–Crippen LogP) is 3.53. The van der Waals surface area contributed by atoms with Gasteiger partial charge in [0.2, 0.25) is 0 Å². The molecular formula is C15H17F5O5. The third-order valence-corrected chi connectivity index (χ3v) is 3.08. The third kappa shape index (κ3) is 7.81. The van der Waals surface area contributed by atoms with Gasteiger partial charge in [0.15, 0.2) is 0 Å². The zero-order valence-electron chi connectivity index (χ0n) is 13.3. The maximum atomic E-state index is 12.5. The average molecular weight is 372 g/mol. The lowest BCUT2D eigenvalue weighted by atomic mass is 9.88. The van der Waals surface area contributed by atoms with E-state index < -0.39 is 55.2 Å². The lowest BCUT2D eigenvalue weighted by Gasteiger charge is -2.31. The van der Waals surface area contributed by atoms with Gasteiger partial charge in [-0.15, -0.1) is 0 Å². The molecule has 0 aliphatic rings. The van der Waals surface area contributed by atoms with Crippen LogP contribution in [-0.4, -0.2) is 37.9 Å². The molecule has 0 amide bonds. The van der Waals surface area contributed by atoms with Gasteiger partial charge in [0.1, 0.15) is 19.8 Å². The van der Waals surface area contributed by atoms with E-state index in [0.717, 1.165) is 12.2 Å². The van der Waals surface area contributed by atoms with Crippen LogP contribution in [0, 0.1) is 5.41 Å². The molecule has 0 heterocycles. The highest BCUT2D eigenvalue weighted by Crippen LogP contribution is 2.33. The number of hydrogen-bond donors (Lipinski definition) is 0. The number of hydrogen-bond acceptors (Lipinski definition) is 5. The van der Waals surface area contributed by atoms with Crippen molar-refractivity contribution in [1.82, 2.24) is 0 Å². The van der Waals surface area contributed by atoms with Gasteiger partial charge in [-0.2, -0.15) is 22.0 Å². The predicted molar refractivity (Wildman–Crippen MR) is 76.3 cm³/mol. The summed E-state index contributed by atoms with van der Waals surface area (Å²) in [7, 11) is 0. The zero-order chi connectivity index (χ0) is 19.7. The molecule has 0 unspecified atom stereocenters. The highest BCUT2D eigenvalue weighted by molar-refractivity contribution is 5.81. The Balaban J connectivity index is 5.36. The summed E-state index contributed by atoms with van der Waals surface area (Å²) in [6.07, 6.45) is -6.86. The van der Waals surface area contributed by atoms with Crippen LogP contribution in [0.15, 0.2) is 37.1 Å². The van der Waals surface area contributed by atoms with E-state index in [1.54, 1.807) is 0 Å². The van der Waals surface area contributed by atoms with Gasteiger partial charge >= 0.3 is 24.2 Å². The summed E-state index contributed by atoms with van der Waals surface area (Å²) >= 11 is 0. The van der Waals surface area contributed by atoms with E-state index in [-0.39, 0.29) is 6.42 Å². The van der Waals surface area contributed by atoms with Crippen molar-refractivity contribution in [3.63, 3.8) is 0 Å². The summed E-state index contributed by atoms with van der Waals surface area (Å²) in [6.45, 7) is 5.73. The highest BCUT2D eigenvalue weighted by atomic mass is 19.4. The van der Waals surface area contributed by atoms with Gasteiger partial charge in [-0.1, -0.05) is 20.1 Å². The van der Waals surface area contributed by atoms with Crippen molar-refractivity contribution >= 4 is 11.9 Å². The Morgan fingerprint density at radius 3 is 1.60 bits per heavy atom. The zero-order valence-corrected chi connectivity index (χ0v) is 13.3. The summed E-state index contributed by atoms with van der Waals surface area (Å²) in [5.74, 6) is -4.25. The van der Waals surface area contributed by atoms with E-state index in [2.05, 4.69) is 17.9 Å². The Kier molecular flexibility index (Phi) is 8.86. The molecular weight excluding hydrogens is 355 g/mol. The second-order valence-electron chi connectivity index (χ2n) is 4.85. The van der Waals surface area contributed by atoms with E-state index in [1.807, 2.05) is 0 Å². The molecule has 0 fully saturated rings. The molecule has 10 heteroatoms. The quantitative estimate of drug-likeness (QED) is 0.254. The molecule has 0 spiro atoms. The van der Waals surface area contributed by atoms with Crippen LogP contribution in [0.4, 0.5) is 22.0 Å². The van der Waals surface area contributed by atoms with Crippen LogP contribution in [-0.2, 0) is 23.8 Å². The second kappa shape index (κ2) is 9.80. The topological polar surface area (TPSA) is 61.8 Å². The summed E-state index contributed by atoms with van der Waals surface area (Å²) in [5.41, 5.74) is -1.48. The van der Waals surface area contributed by atoms with E-state index in [1.165, 1.54) is 6.92 Å². The maximum absolute atomic E-state index is 12.5. The van der Waals surface area contributed by atoms with E-state index in [0.29, 0.717) is 0 Å². The molecule has 0 N–H and O–H groups in total. The van der Waals surface area contributed by atoms with Crippen LogP contribution < -0.4 is 0 Å². The number of ether oxygens (including phenoxy) is 3. The SMILES string of the molecule is C=CC(=O)OCC(CC)(COC(=O)C=C)COC(=C(F)F)C(F)(F)F. The third-order valence-electron chi connectivity index (χ3n) is 3.08. The highest BCUT2D eigenvalue weighted by Gasteiger charge is 2.43. The summed E-state index contributed by atoms with van der Waals surface area (Å²) < 4.78 is 76.2. The fraction of sp³-hybridized carbons (Fsp3) is 0.467. The van der Waals surface area contributed by atoms with Crippen LogP contribution in [0.3, 0.4) is 0 Å². The molecule has 0 rings (SSSR count). The van der Waals surface area contributed by atoms with Crippen molar-refractivity contribution in [3.8, 4) is 0 Å². The molecule has 5 nitrogen and oxygen atoms in total. The number of carbonyl (C=O) groups excluding carboxylic acids is 2. The molecule has 25 heavy (non-hydrogen) atoms. The monoisotopic (exact) mass is 372 g/mol. The van der Waals surface area contributed by atoms with Crippen LogP contribution in [0.2, 0.25) is 0 Å². The van der Waals surface area contributed by atoms with Crippen molar-refractivity contribution in [2.75, 3.05) is 19.8 Å². The number of esters is 2. The first-order valence-electron chi connectivity index (χ1n) is 6.85. The van der Waals surface area contributed by atoms with Crippen LogP contribution in [0.1, 0.15) is 13.3 Å². The van der Waals surface area contributed by atoms with Gasteiger partial charge in [0, 0.05) is 12.2 Å². The van der Waals surface area contributed by atoms with Gasteiger partial charge in [0.05, 0.1) is 5.41 Å². The van der Waals surface area contributed by atoms with Crippen molar-refractivity contribution in [2.24, 2.45) is 5.41 Å². The Morgan fingerprint density at radius 1 is 0.920 bits per heavy atom. The van der Waals surface area contributed by atoms with Crippen LogP contribution >= 0.6 is 0 Å². The maximum Gasteiger partial charge on any atom is 0.454 e. The normalized spacial score (nSPS) is 11.3. The second-order valence-corrected chi connectivity index (χ2v) is 4.85. The first-order chi connectivity index (χ1) is 11.5. The summed E-state index contributed by atoms with van der Waals surface area (Å²) in [4.78, 5) is 22.3. The van der Waals surface area contributed by atoms with Gasteiger partial charge < -0.3 is 14.2 Å². The minimum absolute atomic E-state index is 0.0130. The number of alkyl halides is 3. The van der Waals surface area contributed by atoms with E-state index in [4.69, 9.17) is 9.47 Å². The lowest BCUT2D eigenvalue weighted by Crippen LogP contribution is -2.38. The van der Waals surface area contributed by atoms with Gasteiger partial charge in [-0.05, 0) is 6.42 Å². The summed E-state index contributed by atoms with van der Waals surface area (Å²) in [6, 6.07) is 0. The molecule has 142 valence electrons. The summed E-state index contributed by atoms with van der Waals surface area (Å²) in [5, 5.41) is 0. The molecule has 0 aromatic carbocycles. The van der Waals surface area contributed by atoms with Crippen LogP contribution in [0.25, 0.3) is 0 Å².